The van der Waals surface area contributed by atoms with Gasteiger partial charge in [-0.3, -0.25) is 14.5 Å². The van der Waals surface area contributed by atoms with E-state index in [1.807, 2.05) is 18.7 Å². The van der Waals surface area contributed by atoms with Crippen molar-refractivity contribution in [2.75, 3.05) is 13.1 Å². The first-order chi connectivity index (χ1) is 9.38. The minimum absolute atomic E-state index is 0.201. The number of rotatable bonds is 4. The average molecular weight is 282 g/mol. The van der Waals surface area contributed by atoms with Crippen LogP contribution in [0.5, 0.6) is 0 Å². The standard InChI is InChI=1S/C13H18N2O5/c1-7-8(2)20-11(14-7)6-15-4-3-9(12(16)17)10(5-15)13(18)19/h9-10H,3-6H2,1-2H3,(H,16,17)(H,18,19). The van der Waals surface area contributed by atoms with Crippen LogP contribution in [0.25, 0.3) is 0 Å². The molecule has 2 atom stereocenters. The summed E-state index contributed by atoms with van der Waals surface area (Å²) in [5.41, 5.74) is 0.815. The molecule has 2 N–H and O–H groups in total. The lowest BCUT2D eigenvalue weighted by atomic mass is 9.85. The summed E-state index contributed by atoms with van der Waals surface area (Å²) >= 11 is 0. The summed E-state index contributed by atoms with van der Waals surface area (Å²) in [5, 5.41) is 18.2. The van der Waals surface area contributed by atoms with E-state index >= 15 is 0 Å². The number of likely N-dealkylation sites (tertiary alicyclic amines) is 1. The number of carbonyl (C=O) groups is 2. The summed E-state index contributed by atoms with van der Waals surface area (Å²) in [5.74, 6) is -2.54. The van der Waals surface area contributed by atoms with E-state index in [1.54, 1.807) is 0 Å². The third kappa shape index (κ3) is 2.98. The van der Waals surface area contributed by atoms with Crippen LogP contribution >= 0.6 is 0 Å². The Balaban J connectivity index is 2.05. The molecule has 0 spiro atoms. The number of aliphatic carboxylic acids is 2. The zero-order chi connectivity index (χ0) is 14.9. The molecule has 0 radical (unpaired) electrons. The first-order valence-electron chi connectivity index (χ1n) is 6.49. The van der Waals surface area contributed by atoms with Crippen molar-refractivity contribution < 1.29 is 24.2 Å². The van der Waals surface area contributed by atoms with Crippen molar-refractivity contribution in [1.29, 1.82) is 0 Å². The fraction of sp³-hybridized carbons (Fsp3) is 0.615. The molecule has 7 heteroatoms. The van der Waals surface area contributed by atoms with E-state index in [2.05, 4.69) is 4.98 Å². The van der Waals surface area contributed by atoms with E-state index in [-0.39, 0.29) is 6.54 Å². The Morgan fingerprint density at radius 1 is 1.30 bits per heavy atom. The molecule has 1 aliphatic rings. The topological polar surface area (TPSA) is 104 Å². The molecule has 1 aromatic heterocycles. The van der Waals surface area contributed by atoms with Crippen LogP contribution in [-0.4, -0.2) is 45.1 Å². The highest BCUT2D eigenvalue weighted by Gasteiger charge is 2.38. The van der Waals surface area contributed by atoms with Crippen LogP contribution < -0.4 is 0 Å². The van der Waals surface area contributed by atoms with Gasteiger partial charge in [-0.2, -0.15) is 0 Å². The predicted molar refractivity (Wildman–Crippen MR) is 68.1 cm³/mol. The number of oxazole rings is 1. The van der Waals surface area contributed by atoms with Gasteiger partial charge in [0.05, 0.1) is 24.1 Å². The van der Waals surface area contributed by atoms with E-state index < -0.39 is 23.8 Å². The summed E-state index contributed by atoms with van der Waals surface area (Å²) in [6.07, 6.45) is 0.324. The fourth-order valence-electron chi connectivity index (χ4n) is 2.51. The van der Waals surface area contributed by atoms with Gasteiger partial charge in [-0.15, -0.1) is 0 Å². The maximum absolute atomic E-state index is 11.2. The first kappa shape index (κ1) is 14.5. The van der Waals surface area contributed by atoms with Crippen LogP contribution in [0.3, 0.4) is 0 Å². The van der Waals surface area contributed by atoms with Crippen LogP contribution in [0.4, 0.5) is 0 Å². The summed E-state index contributed by atoms with van der Waals surface area (Å²) in [6, 6.07) is 0. The molecule has 2 unspecified atom stereocenters. The summed E-state index contributed by atoms with van der Waals surface area (Å²) < 4.78 is 5.47. The summed E-state index contributed by atoms with van der Waals surface area (Å²) in [7, 11) is 0. The van der Waals surface area contributed by atoms with Gasteiger partial charge in [-0.05, 0) is 26.8 Å². The van der Waals surface area contributed by atoms with Crippen molar-refractivity contribution in [2.45, 2.75) is 26.8 Å². The third-order valence-electron chi connectivity index (χ3n) is 3.76. The van der Waals surface area contributed by atoms with Gasteiger partial charge in [-0.25, -0.2) is 4.98 Å². The molecule has 1 saturated heterocycles. The van der Waals surface area contributed by atoms with Crippen molar-refractivity contribution in [3.05, 3.63) is 17.3 Å². The highest BCUT2D eigenvalue weighted by Crippen LogP contribution is 2.25. The number of aromatic nitrogens is 1. The van der Waals surface area contributed by atoms with E-state index in [0.29, 0.717) is 25.4 Å². The number of hydrogen-bond donors (Lipinski definition) is 2. The molecule has 0 aromatic carbocycles. The number of aryl methyl sites for hydroxylation is 2. The number of carboxylic acid groups (broad SMARTS) is 2. The lowest BCUT2D eigenvalue weighted by Gasteiger charge is -2.33. The van der Waals surface area contributed by atoms with Gasteiger partial charge in [-0.1, -0.05) is 0 Å². The van der Waals surface area contributed by atoms with Crippen molar-refractivity contribution in [3.63, 3.8) is 0 Å². The molecular weight excluding hydrogens is 264 g/mol. The average Bonchev–Trinajstić information content (AvgIpc) is 2.67. The van der Waals surface area contributed by atoms with Gasteiger partial charge < -0.3 is 14.6 Å². The van der Waals surface area contributed by atoms with Crippen molar-refractivity contribution in [2.24, 2.45) is 11.8 Å². The lowest BCUT2D eigenvalue weighted by molar-refractivity contribution is -0.157. The SMILES string of the molecule is Cc1nc(CN2CCC(C(=O)O)C(C(=O)O)C2)oc1C. The van der Waals surface area contributed by atoms with E-state index in [4.69, 9.17) is 14.6 Å². The summed E-state index contributed by atoms with van der Waals surface area (Å²) in [6.45, 7) is 4.81. The lowest BCUT2D eigenvalue weighted by Crippen LogP contribution is -2.46. The van der Waals surface area contributed by atoms with Crippen LogP contribution in [0, 0.1) is 25.7 Å². The van der Waals surface area contributed by atoms with Crippen molar-refractivity contribution in [3.8, 4) is 0 Å². The Hall–Kier alpha value is -1.89. The Bertz CT molecular complexity index is 505. The van der Waals surface area contributed by atoms with Gasteiger partial charge in [0.15, 0.2) is 0 Å². The van der Waals surface area contributed by atoms with Crippen LogP contribution in [0.1, 0.15) is 23.8 Å². The Morgan fingerprint density at radius 3 is 2.45 bits per heavy atom. The maximum atomic E-state index is 11.2. The molecule has 2 heterocycles. The van der Waals surface area contributed by atoms with Crippen LogP contribution in [-0.2, 0) is 16.1 Å². The van der Waals surface area contributed by atoms with Crippen LogP contribution in [0.2, 0.25) is 0 Å². The van der Waals surface area contributed by atoms with Gasteiger partial charge in [0.2, 0.25) is 5.89 Å². The number of piperidine rings is 1. The molecule has 1 aromatic rings. The second kappa shape index (κ2) is 5.62. The molecule has 1 aliphatic heterocycles. The second-order valence-electron chi connectivity index (χ2n) is 5.16. The summed E-state index contributed by atoms with van der Waals surface area (Å²) in [4.78, 5) is 28.4. The van der Waals surface area contributed by atoms with Gasteiger partial charge in [0, 0.05) is 6.54 Å². The van der Waals surface area contributed by atoms with Gasteiger partial charge in [0.25, 0.3) is 0 Å². The monoisotopic (exact) mass is 282 g/mol. The predicted octanol–water partition coefficient (Wildman–Crippen LogP) is 0.899. The molecular formula is C13H18N2O5. The van der Waals surface area contributed by atoms with Gasteiger partial charge in [0.1, 0.15) is 5.76 Å². The minimum Gasteiger partial charge on any atom is -0.481 e. The zero-order valence-corrected chi connectivity index (χ0v) is 11.5. The van der Waals surface area contributed by atoms with E-state index in [0.717, 1.165) is 11.5 Å². The Kier molecular flexibility index (Phi) is 4.08. The zero-order valence-electron chi connectivity index (χ0n) is 11.5. The maximum Gasteiger partial charge on any atom is 0.308 e. The van der Waals surface area contributed by atoms with Crippen molar-refractivity contribution in [1.82, 2.24) is 9.88 Å². The molecule has 1 fully saturated rings. The Labute approximate surface area is 116 Å². The Morgan fingerprint density at radius 2 is 1.95 bits per heavy atom. The highest BCUT2D eigenvalue weighted by atomic mass is 16.4. The smallest absolute Gasteiger partial charge is 0.308 e. The molecule has 20 heavy (non-hydrogen) atoms. The molecule has 2 rings (SSSR count). The highest BCUT2D eigenvalue weighted by molar-refractivity contribution is 5.80. The fourth-order valence-corrected chi connectivity index (χ4v) is 2.51. The molecule has 0 amide bonds. The van der Waals surface area contributed by atoms with Crippen molar-refractivity contribution >= 4 is 11.9 Å². The molecule has 7 nitrogen and oxygen atoms in total. The molecule has 0 aliphatic carbocycles. The third-order valence-corrected chi connectivity index (χ3v) is 3.76. The number of nitrogens with zero attached hydrogens (tertiary/aromatic N) is 2. The molecule has 0 bridgehead atoms. The minimum atomic E-state index is -1.07. The normalized spacial score (nSPS) is 23.7. The van der Waals surface area contributed by atoms with Crippen LogP contribution in [0.15, 0.2) is 4.42 Å². The molecule has 110 valence electrons. The number of hydrogen-bond acceptors (Lipinski definition) is 5. The number of carboxylic acids is 2. The largest absolute Gasteiger partial charge is 0.481 e. The quantitative estimate of drug-likeness (QED) is 0.845. The van der Waals surface area contributed by atoms with E-state index in [9.17, 15) is 9.59 Å². The second-order valence-corrected chi connectivity index (χ2v) is 5.16. The first-order valence-corrected chi connectivity index (χ1v) is 6.49. The van der Waals surface area contributed by atoms with Gasteiger partial charge >= 0.3 is 11.9 Å². The molecule has 0 saturated carbocycles. The van der Waals surface area contributed by atoms with E-state index in [1.165, 1.54) is 0 Å².